The minimum atomic E-state index is -3.95. The van der Waals surface area contributed by atoms with Gasteiger partial charge in [0.2, 0.25) is 21.8 Å². The zero-order valence-corrected chi connectivity index (χ0v) is 24.5. The fraction of sp³-hybridized carbons (Fsp3) is 0.440. The first-order chi connectivity index (χ1) is 17.3. The van der Waals surface area contributed by atoms with E-state index in [1.807, 2.05) is 13.8 Å². The first kappa shape index (κ1) is 31.0. The first-order valence-electron chi connectivity index (χ1n) is 11.7. The average molecular weight is 593 g/mol. The third kappa shape index (κ3) is 8.40. The van der Waals surface area contributed by atoms with Crippen LogP contribution in [0.15, 0.2) is 36.4 Å². The van der Waals surface area contributed by atoms with Crippen LogP contribution in [0.3, 0.4) is 0 Å². The quantitative estimate of drug-likeness (QED) is 0.368. The molecular formula is C25H32Cl3N3O5S. The number of halogens is 3. The number of methoxy groups -OCH3 is 1. The van der Waals surface area contributed by atoms with Crippen LogP contribution < -0.4 is 14.4 Å². The molecular weight excluding hydrogens is 561 g/mol. The molecule has 2 aromatic carbocycles. The summed E-state index contributed by atoms with van der Waals surface area (Å²) in [5.41, 5.74) is 0.737. The van der Waals surface area contributed by atoms with Gasteiger partial charge in [-0.05, 0) is 55.7 Å². The van der Waals surface area contributed by atoms with Crippen LogP contribution in [0.2, 0.25) is 15.1 Å². The number of anilines is 1. The molecule has 0 fully saturated rings. The van der Waals surface area contributed by atoms with Crippen LogP contribution in [0.4, 0.5) is 5.69 Å². The standard InChI is InChI=1S/C25H32Cl3N3O5S/c1-6-16(3)29-25(33)21(7-2)30(14-17-8-10-19(27)20(28)12-17)24(32)15-31(37(5,34)35)22-13-18(26)9-11-23(22)36-4/h8-13,16,21H,6-7,14-15H2,1-5H3,(H,29,33)/t16-,21+/m0/s1. The highest BCUT2D eigenvalue weighted by Gasteiger charge is 2.33. The lowest BCUT2D eigenvalue weighted by molar-refractivity contribution is -0.140. The Kier molecular flexibility index (Phi) is 11.4. The Morgan fingerprint density at radius 2 is 1.70 bits per heavy atom. The van der Waals surface area contributed by atoms with Gasteiger partial charge in [-0.1, -0.05) is 54.7 Å². The summed E-state index contributed by atoms with van der Waals surface area (Å²) in [7, 11) is -2.56. The van der Waals surface area contributed by atoms with Crippen LogP contribution in [-0.2, 0) is 26.2 Å². The molecule has 2 atom stereocenters. The monoisotopic (exact) mass is 591 g/mol. The van der Waals surface area contributed by atoms with E-state index in [2.05, 4.69) is 5.32 Å². The van der Waals surface area contributed by atoms with Crippen molar-refractivity contribution in [3.8, 4) is 5.75 Å². The van der Waals surface area contributed by atoms with Gasteiger partial charge < -0.3 is 15.0 Å². The highest BCUT2D eigenvalue weighted by molar-refractivity contribution is 7.92. The number of amides is 2. The first-order valence-corrected chi connectivity index (χ1v) is 14.7. The Labute approximate surface area is 233 Å². The summed E-state index contributed by atoms with van der Waals surface area (Å²) in [6.45, 7) is 5.01. The minimum Gasteiger partial charge on any atom is -0.495 e. The second-order valence-corrected chi connectivity index (χ2v) is 11.8. The van der Waals surface area contributed by atoms with Gasteiger partial charge in [0.15, 0.2) is 0 Å². The molecule has 0 aliphatic carbocycles. The molecule has 0 aliphatic rings. The van der Waals surface area contributed by atoms with Gasteiger partial charge in [0, 0.05) is 17.6 Å². The molecule has 37 heavy (non-hydrogen) atoms. The molecule has 0 aliphatic heterocycles. The smallest absolute Gasteiger partial charge is 0.244 e. The van der Waals surface area contributed by atoms with Gasteiger partial charge in [-0.2, -0.15) is 0 Å². The number of carbonyl (C=O) groups is 2. The van der Waals surface area contributed by atoms with Crippen LogP contribution in [0, 0.1) is 0 Å². The Balaban J connectivity index is 2.53. The largest absolute Gasteiger partial charge is 0.495 e. The Morgan fingerprint density at radius 1 is 1.03 bits per heavy atom. The predicted molar refractivity (Wildman–Crippen MR) is 149 cm³/mol. The minimum absolute atomic E-state index is 0.00639. The Bertz CT molecular complexity index is 1230. The normalized spacial score (nSPS) is 13.0. The number of hydrogen-bond donors (Lipinski definition) is 1. The molecule has 8 nitrogen and oxygen atoms in total. The van der Waals surface area contributed by atoms with Crippen LogP contribution in [-0.4, -0.2) is 57.1 Å². The fourth-order valence-electron chi connectivity index (χ4n) is 3.65. The maximum Gasteiger partial charge on any atom is 0.244 e. The zero-order valence-electron chi connectivity index (χ0n) is 21.4. The summed E-state index contributed by atoms with van der Waals surface area (Å²) < 4.78 is 31.9. The second kappa shape index (κ2) is 13.6. The third-order valence-corrected chi connectivity index (χ3v) is 7.91. The summed E-state index contributed by atoms with van der Waals surface area (Å²) in [5.74, 6) is -0.707. The number of rotatable bonds is 12. The molecule has 204 valence electrons. The molecule has 1 N–H and O–H groups in total. The van der Waals surface area contributed by atoms with Crippen molar-refractivity contribution >= 4 is 62.3 Å². The van der Waals surface area contributed by atoms with Crippen molar-refractivity contribution in [2.24, 2.45) is 0 Å². The van der Waals surface area contributed by atoms with Gasteiger partial charge in [-0.3, -0.25) is 13.9 Å². The van der Waals surface area contributed by atoms with Gasteiger partial charge >= 0.3 is 0 Å². The van der Waals surface area contributed by atoms with Crippen molar-refractivity contribution in [3.05, 3.63) is 57.0 Å². The lowest BCUT2D eigenvalue weighted by Gasteiger charge is -2.33. The van der Waals surface area contributed by atoms with Crippen LogP contribution >= 0.6 is 34.8 Å². The molecule has 12 heteroatoms. The van der Waals surface area contributed by atoms with Crippen molar-refractivity contribution in [1.29, 1.82) is 0 Å². The lowest BCUT2D eigenvalue weighted by atomic mass is 10.1. The molecule has 0 aromatic heterocycles. The highest BCUT2D eigenvalue weighted by Crippen LogP contribution is 2.33. The fourth-order valence-corrected chi connectivity index (χ4v) is 4.98. The molecule has 0 unspecified atom stereocenters. The van der Waals surface area contributed by atoms with Crippen molar-refractivity contribution in [3.63, 3.8) is 0 Å². The molecule has 0 bridgehead atoms. The summed E-state index contributed by atoms with van der Waals surface area (Å²) in [6.07, 6.45) is 1.99. The number of sulfonamides is 1. The number of carbonyl (C=O) groups excluding carboxylic acids is 2. The van der Waals surface area contributed by atoms with Gasteiger partial charge in [0.05, 0.1) is 29.1 Å². The van der Waals surface area contributed by atoms with E-state index >= 15 is 0 Å². The van der Waals surface area contributed by atoms with Gasteiger partial charge in [-0.15, -0.1) is 0 Å². The zero-order chi connectivity index (χ0) is 27.9. The molecule has 0 radical (unpaired) electrons. The number of hydrogen-bond acceptors (Lipinski definition) is 5. The van der Waals surface area contributed by atoms with Crippen molar-refractivity contribution in [1.82, 2.24) is 10.2 Å². The SMILES string of the molecule is CC[C@H](C(=O)N[C@@H](C)CC)N(Cc1ccc(Cl)c(Cl)c1)C(=O)CN(c1cc(Cl)ccc1OC)S(C)(=O)=O. The van der Waals surface area contributed by atoms with E-state index in [1.165, 1.54) is 24.1 Å². The Morgan fingerprint density at radius 3 is 2.24 bits per heavy atom. The van der Waals surface area contributed by atoms with E-state index in [4.69, 9.17) is 39.5 Å². The van der Waals surface area contributed by atoms with Crippen LogP contribution in [0.1, 0.15) is 39.2 Å². The molecule has 0 saturated carbocycles. The number of nitrogens with one attached hydrogen (secondary N) is 1. The lowest BCUT2D eigenvalue weighted by Crippen LogP contribution is -2.53. The molecule has 0 heterocycles. The summed E-state index contributed by atoms with van der Waals surface area (Å²) in [4.78, 5) is 28.3. The average Bonchev–Trinajstić information content (AvgIpc) is 2.83. The van der Waals surface area contributed by atoms with E-state index in [0.29, 0.717) is 28.5 Å². The summed E-state index contributed by atoms with van der Waals surface area (Å²) in [6, 6.07) is 8.41. The molecule has 0 saturated heterocycles. The maximum atomic E-state index is 13.8. The van der Waals surface area contributed by atoms with Crippen molar-refractivity contribution in [2.45, 2.75) is 52.2 Å². The van der Waals surface area contributed by atoms with Crippen LogP contribution in [0.5, 0.6) is 5.75 Å². The summed E-state index contributed by atoms with van der Waals surface area (Å²) in [5, 5.41) is 3.83. The van der Waals surface area contributed by atoms with Crippen LogP contribution in [0.25, 0.3) is 0 Å². The molecule has 2 rings (SSSR count). The van der Waals surface area contributed by atoms with Crippen molar-refractivity contribution < 1.29 is 22.7 Å². The predicted octanol–water partition coefficient (Wildman–Crippen LogP) is 5.14. The second-order valence-electron chi connectivity index (χ2n) is 8.60. The van der Waals surface area contributed by atoms with Gasteiger partial charge in [-0.25, -0.2) is 8.42 Å². The Hall–Kier alpha value is -2.20. The van der Waals surface area contributed by atoms with E-state index < -0.39 is 28.5 Å². The molecule has 2 amide bonds. The maximum absolute atomic E-state index is 13.8. The van der Waals surface area contributed by atoms with E-state index in [0.717, 1.165) is 10.6 Å². The van der Waals surface area contributed by atoms with E-state index in [1.54, 1.807) is 31.2 Å². The summed E-state index contributed by atoms with van der Waals surface area (Å²) >= 11 is 18.4. The highest BCUT2D eigenvalue weighted by atomic mass is 35.5. The van der Waals surface area contributed by atoms with Gasteiger partial charge in [0.1, 0.15) is 18.3 Å². The topological polar surface area (TPSA) is 96.0 Å². The third-order valence-electron chi connectivity index (χ3n) is 5.81. The molecule has 0 spiro atoms. The number of benzene rings is 2. The van der Waals surface area contributed by atoms with E-state index in [9.17, 15) is 18.0 Å². The van der Waals surface area contributed by atoms with Gasteiger partial charge in [0.25, 0.3) is 0 Å². The van der Waals surface area contributed by atoms with E-state index in [-0.39, 0.29) is 35.0 Å². The number of ether oxygens (including phenoxy) is 1. The number of nitrogens with zero attached hydrogens (tertiary/aromatic N) is 2. The molecule has 2 aromatic rings. The van der Waals surface area contributed by atoms with Crippen molar-refractivity contribution in [2.75, 3.05) is 24.2 Å².